The number of amides is 1. The molecular weight excluding hydrogens is 444 g/mol. The predicted octanol–water partition coefficient (Wildman–Crippen LogP) is 5.59. The first-order chi connectivity index (χ1) is 16.7. The average Bonchev–Trinajstić information content (AvgIpc) is 2.89. The molecule has 1 aliphatic heterocycles. The summed E-state index contributed by atoms with van der Waals surface area (Å²) in [5.74, 6) is 0.434. The number of aromatic nitrogens is 2. The van der Waals surface area contributed by atoms with Crippen LogP contribution in [0.25, 0.3) is 22.2 Å². The standard InChI is InChI=1S/C28H27ClN4O/c29-23-9-7-21(8-10-23)19-33-14-11-20(12-15-33)17-31-28(34)25-16-27(22-4-3-13-30-18-22)32-26-6-2-1-5-24(25)26/h1-10,13,16,18,20H,11-12,14-15,17,19H2,(H,31,34). The zero-order valence-electron chi connectivity index (χ0n) is 19.0. The molecule has 172 valence electrons. The minimum Gasteiger partial charge on any atom is -0.352 e. The number of likely N-dealkylation sites (tertiary alicyclic amines) is 1. The number of hydrogen-bond acceptors (Lipinski definition) is 4. The monoisotopic (exact) mass is 470 g/mol. The lowest BCUT2D eigenvalue weighted by molar-refractivity contribution is 0.0937. The van der Waals surface area contributed by atoms with Gasteiger partial charge in [-0.1, -0.05) is 41.9 Å². The lowest BCUT2D eigenvalue weighted by atomic mass is 9.96. The van der Waals surface area contributed by atoms with Crippen LogP contribution in [0.2, 0.25) is 5.02 Å². The maximum atomic E-state index is 13.2. The normalized spacial score (nSPS) is 14.9. The van der Waals surface area contributed by atoms with Crippen LogP contribution in [-0.2, 0) is 6.54 Å². The third kappa shape index (κ3) is 5.27. The van der Waals surface area contributed by atoms with Gasteiger partial charge in [0.25, 0.3) is 5.91 Å². The summed E-state index contributed by atoms with van der Waals surface area (Å²) >= 11 is 6.00. The van der Waals surface area contributed by atoms with Gasteiger partial charge in [-0.2, -0.15) is 0 Å². The second-order valence-corrected chi connectivity index (χ2v) is 9.31. The Morgan fingerprint density at radius 1 is 1.03 bits per heavy atom. The van der Waals surface area contributed by atoms with Gasteiger partial charge in [-0.05, 0) is 73.8 Å². The average molecular weight is 471 g/mol. The minimum atomic E-state index is -0.0488. The Morgan fingerprint density at radius 2 is 1.82 bits per heavy atom. The van der Waals surface area contributed by atoms with E-state index in [0.717, 1.165) is 59.7 Å². The summed E-state index contributed by atoms with van der Waals surface area (Å²) < 4.78 is 0. The van der Waals surface area contributed by atoms with Crippen molar-refractivity contribution in [1.82, 2.24) is 20.2 Å². The molecule has 0 bridgehead atoms. The van der Waals surface area contributed by atoms with E-state index in [1.807, 2.05) is 54.6 Å². The second kappa shape index (κ2) is 10.3. The Bertz CT molecular complexity index is 1270. The number of pyridine rings is 2. The SMILES string of the molecule is O=C(NCC1CCN(Cc2ccc(Cl)cc2)CC1)c1cc(-c2cccnc2)nc2ccccc12. The van der Waals surface area contributed by atoms with E-state index in [4.69, 9.17) is 16.6 Å². The molecule has 1 aliphatic rings. The third-order valence-electron chi connectivity index (χ3n) is 6.50. The summed E-state index contributed by atoms with van der Waals surface area (Å²) in [6.45, 7) is 3.70. The van der Waals surface area contributed by atoms with E-state index in [-0.39, 0.29) is 5.91 Å². The first-order valence-corrected chi connectivity index (χ1v) is 12.1. The number of nitrogens with one attached hydrogen (secondary N) is 1. The minimum absolute atomic E-state index is 0.0488. The Hall–Kier alpha value is -3.28. The molecule has 3 heterocycles. The van der Waals surface area contributed by atoms with E-state index in [0.29, 0.717) is 18.0 Å². The zero-order chi connectivity index (χ0) is 23.3. The maximum absolute atomic E-state index is 13.2. The summed E-state index contributed by atoms with van der Waals surface area (Å²) in [7, 11) is 0. The molecule has 0 aliphatic carbocycles. The van der Waals surface area contributed by atoms with Crippen molar-refractivity contribution in [2.24, 2.45) is 5.92 Å². The van der Waals surface area contributed by atoms with Gasteiger partial charge in [-0.25, -0.2) is 4.98 Å². The number of carbonyl (C=O) groups excluding carboxylic acids is 1. The van der Waals surface area contributed by atoms with E-state index in [1.165, 1.54) is 5.56 Å². The molecule has 34 heavy (non-hydrogen) atoms. The number of para-hydroxylation sites is 1. The highest BCUT2D eigenvalue weighted by atomic mass is 35.5. The van der Waals surface area contributed by atoms with Crippen LogP contribution in [0.1, 0.15) is 28.8 Å². The van der Waals surface area contributed by atoms with Crippen molar-refractivity contribution >= 4 is 28.4 Å². The van der Waals surface area contributed by atoms with Crippen LogP contribution >= 0.6 is 11.6 Å². The molecular formula is C28H27ClN4O. The number of carbonyl (C=O) groups is 1. The molecule has 2 aromatic carbocycles. The van der Waals surface area contributed by atoms with Crippen LogP contribution in [0.3, 0.4) is 0 Å². The second-order valence-electron chi connectivity index (χ2n) is 8.87. The van der Waals surface area contributed by atoms with E-state index in [1.54, 1.807) is 12.4 Å². The molecule has 2 aromatic heterocycles. The van der Waals surface area contributed by atoms with Crippen LogP contribution in [0.4, 0.5) is 0 Å². The van der Waals surface area contributed by atoms with Crippen molar-refractivity contribution in [3.05, 3.63) is 95.3 Å². The molecule has 0 atom stereocenters. The molecule has 6 heteroatoms. The molecule has 1 amide bonds. The predicted molar refractivity (Wildman–Crippen MR) is 137 cm³/mol. The first-order valence-electron chi connectivity index (χ1n) is 11.7. The number of piperidine rings is 1. The fraction of sp³-hybridized carbons (Fsp3) is 0.250. The molecule has 0 unspecified atom stereocenters. The number of fused-ring (bicyclic) bond motifs is 1. The van der Waals surface area contributed by atoms with Gasteiger partial charge in [0.2, 0.25) is 0 Å². The number of hydrogen-bond donors (Lipinski definition) is 1. The Balaban J connectivity index is 1.23. The van der Waals surface area contributed by atoms with E-state index >= 15 is 0 Å². The van der Waals surface area contributed by atoms with Gasteiger partial charge in [0, 0.05) is 41.5 Å². The van der Waals surface area contributed by atoms with Crippen LogP contribution in [0.5, 0.6) is 0 Å². The highest BCUT2D eigenvalue weighted by Crippen LogP contribution is 2.25. The summed E-state index contributed by atoms with van der Waals surface area (Å²) in [6.07, 6.45) is 5.66. The van der Waals surface area contributed by atoms with Gasteiger partial charge in [-0.15, -0.1) is 0 Å². The van der Waals surface area contributed by atoms with Crippen LogP contribution in [-0.4, -0.2) is 40.4 Å². The fourth-order valence-corrected chi connectivity index (χ4v) is 4.68. The Kier molecular flexibility index (Phi) is 6.84. The van der Waals surface area contributed by atoms with E-state index in [9.17, 15) is 4.79 Å². The van der Waals surface area contributed by atoms with Gasteiger partial charge in [0.1, 0.15) is 0 Å². The van der Waals surface area contributed by atoms with Crippen LogP contribution in [0.15, 0.2) is 79.1 Å². The van der Waals surface area contributed by atoms with E-state index in [2.05, 4.69) is 27.3 Å². The highest BCUT2D eigenvalue weighted by Gasteiger charge is 2.21. The number of halogens is 1. The van der Waals surface area contributed by atoms with Crippen molar-refractivity contribution in [2.75, 3.05) is 19.6 Å². The summed E-state index contributed by atoms with van der Waals surface area (Å²) in [5, 5.41) is 4.83. The van der Waals surface area contributed by atoms with Gasteiger partial charge in [0.15, 0.2) is 0 Å². The third-order valence-corrected chi connectivity index (χ3v) is 6.75. The molecule has 0 spiro atoms. The van der Waals surface area contributed by atoms with Gasteiger partial charge < -0.3 is 5.32 Å². The van der Waals surface area contributed by atoms with Crippen LogP contribution < -0.4 is 5.32 Å². The number of rotatable bonds is 6. The summed E-state index contributed by atoms with van der Waals surface area (Å²) in [6, 6.07) is 21.6. The van der Waals surface area contributed by atoms with Crippen molar-refractivity contribution < 1.29 is 4.79 Å². The topological polar surface area (TPSA) is 58.1 Å². The van der Waals surface area contributed by atoms with Gasteiger partial charge >= 0.3 is 0 Å². The fourth-order valence-electron chi connectivity index (χ4n) is 4.55. The number of benzene rings is 2. The largest absolute Gasteiger partial charge is 0.352 e. The smallest absolute Gasteiger partial charge is 0.252 e. The molecule has 1 fully saturated rings. The molecule has 0 saturated carbocycles. The Labute approximate surface area is 204 Å². The van der Waals surface area contributed by atoms with Crippen molar-refractivity contribution in [3.8, 4) is 11.3 Å². The molecule has 1 N–H and O–H groups in total. The van der Waals surface area contributed by atoms with Crippen LogP contribution in [0, 0.1) is 5.92 Å². The highest BCUT2D eigenvalue weighted by molar-refractivity contribution is 6.30. The lowest BCUT2D eigenvalue weighted by Crippen LogP contribution is -2.38. The lowest BCUT2D eigenvalue weighted by Gasteiger charge is -2.32. The van der Waals surface area contributed by atoms with Crippen molar-refractivity contribution in [1.29, 1.82) is 0 Å². The zero-order valence-corrected chi connectivity index (χ0v) is 19.7. The molecule has 5 nitrogen and oxygen atoms in total. The Morgan fingerprint density at radius 3 is 2.59 bits per heavy atom. The number of nitrogens with zero attached hydrogens (tertiary/aromatic N) is 3. The van der Waals surface area contributed by atoms with Gasteiger partial charge in [-0.3, -0.25) is 14.7 Å². The first kappa shape index (κ1) is 22.5. The van der Waals surface area contributed by atoms with E-state index < -0.39 is 0 Å². The quantitative estimate of drug-likeness (QED) is 0.399. The molecule has 1 saturated heterocycles. The molecule has 5 rings (SSSR count). The maximum Gasteiger partial charge on any atom is 0.252 e. The molecule has 4 aromatic rings. The summed E-state index contributed by atoms with van der Waals surface area (Å²) in [4.78, 5) is 24.7. The summed E-state index contributed by atoms with van der Waals surface area (Å²) in [5.41, 5.74) is 4.40. The van der Waals surface area contributed by atoms with Crippen molar-refractivity contribution in [2.45, 2.75) is 19.4 Å². The molecule has 0 radical (unpaired) electrons. The van der Waals surface area contributed by atoms with Crippen molar-refractivity contribution in [3.63, 3.8) is 0 Å². The van der Waals surface area contributed by atoms with Gasteiger partial charge in [0.05, 0.1) is 16.8 Å².